The first-order valence-corrected chi connectivity index (χ1v) is 12.3. The van der Waals surface area contributed by atoms with Crippen molar-refractivity contribution in [3.63, 3.8) is 0 Å². The van der Waals surface area contributed by atoms with Crippen LogP contribution in [0, 0.1) is 23.7 Å². The summed E-state index contributed by atoms with van der Waals surface area (Å²) in [6.07, 6.45) is 18.7. The molecule has 2 fully saturated rings. The lowest BCUT2D eigenvalue weighted by atomic mass is 9.64. The zero-order chi connectivity index (χ0) is 19.1. The van der Waals surface area contributed by atoms with E-state index in [0.717, 1.165) is 29.6 Å². The molecule has 0 heterocycles. The first-order valence-electron chi connectivity index (χ1n) is 12.3. The summed E-state index contributed by atoms with van der Waals surface area (Å²) in [7, 11) is 0. The van der Waals surface area contributed by atoms with Crippen LogP contribution in [-0.2, 0) is 6.42 Å². The normalized spacial score (nSPS) is 31.7. The van der Waals surface area contributed by atoms with Crippen molar-refractivity contribution < 1.29 is 0 Å². The zero-order valence-electron chi connectivity index (χ0n) is 18.4. The topological polar surface area (TPSA) is 0 Å². The van der Waals surface area contributed by atoms with Gasteiger partial charge in [0.15, 0.2) is 0 Å². The molecule has 3 unspecified atom stereocenters. The molecule has 0 spiro atoms. The van der Waals surface area contributed by atoms with Crippen molar-refractivity contribution in [3.05, 3.63) is 35.4 Å². The van der Waals surface area contributed by atoms with Gasteiger partial charge in [-0.25, -0.2) is 0 Å². The molecular formula is C27H44. The van der Waals surface area contributed by atoms with Gasteiger partial charge in [0.1, 0.15) is 0 Å². The van der Waals surface area contributed by atoms with Gasteiger partial charge in [-0.1, -0.05) is 83.6 Å². The van der Waals surface area contributed by atoms with Crippen molar-refractivity contribution in [2.75, 3.05) is 0 Å². The predicted molar refractivity (Wildman–Crippen MR) is 119 cm³/mol. The molecule has 3 rings (SSSR count). The maximum atomic E-state index is 2.58. The summed E-state index contributed by atoms with van der Waals surface area (Å²) in [6, 6.07) is 9.62. The highest BCUT2D eigenvalue weighted by Gasteiger charge is 2.35. The Morgan fingerprint density at radius 1 is 0.815 bits per heavy atom. The highest BCUT2D eigenvalue weighted by molar-refractivity contribution is 5.26. The Bertz CT molecular complexity index is 519. The molecule has 2 aliphatic rings. The molecule has 1 aromatic rings. The molecule has 0 radical (unpaired) electrons. The van der Waals surface area contributed by atoms with Gasteiger partial charge >= 0.3 is 0 Å². The first kappa shape index (κ1) is 20.9. The minimum atomic E-state index is 0.831. The van der Waals surface area contributed by atoms with Crippen LogP contribution in [0.5, 0.6) is 0 Å². The monoisotopic (exact) mass is 368 g/mol. The Morgan fingerprint density at radius 2 is 1.56 bits per heavy atom. The number of hydrogen-bond donors (Lipinski definition) is 0. The van der Waals surface area contributed by atoms with Gasteiger partial charge in [-0.15, -0.1) is 0 Å². The van der Waals surface area contributed by atoms with E-state index in [1.54, 1.807) is 5.56 Å². The Morgan fingerprint density at radius 3 is 2.19 bits per heavy atom. The van der Waals surface area contributed by atoms with Gasteiger partial charge in [-0.2, -0.15) is 0 Å². The molecular weight excluding hydrogens is 324 g/mol. The fraction of sp³-hybridized carbons (Fsp3) is 0.778. The molecule has 0 aromatic heterocycles. The van der Waals surface area contributed by atoms with E-state index < -0.39 is 0 Å². The van der Waals surface area contributed by atoms with Crippen LogP contribution >= 0.6 is 0 Å². The summed E-state index contributed by atoms with van der Waals surface area (Å²) < 4.78 is 0. The Hall–Kier alpha value is -0.780. The lowest BCUT2D eigenvalue weighted by Crippen LogP contribution is -2.31. The number of hydrogen-bond acceptors (Lipinski definition) is 0. The SMILES string of the molecule is CCCCCC1CCC(C2CCC(c3ccc(CCC)cc3)CC2)C(C)C1. The van der Waals surface area contributed by atoms with Gasteiger partial charge in [0.25, 0.3) is 0 Å². The third-order valence-electron chi connectivity index (χ3n) is 7.93. The summed E-state index contributed by atoms with van der Waals surface area (Å²) in [5, 5.41) is 0. The molecule has 0 N–H and O–H groups in total. The third kappa shape index (κ3) is 5.85. The van der Waals surface area contributed by atoms with E-state index in [1.165, 1.54) is 89.0 Å². The van der Waals surface area contributed by atoms with Gasteiger partial charge in [-0.05, 0) is 85.7 Å². The smallest absolute Gasteiger partial charge is 0.0162 e. The van der Waals surface area contributed by atoms with Crippen LogP contribution in [0.4, 0.5) is 0 Å². The van der Waals surface area contributed by atoms with E-state index in [9.17, 15) is 0 Å². The van der Waals surface area contributed by atoms with Crippen LogP contribution in [0.2, 0.25) is 0 Å². The zero-order valence-corrected chi connectivity index (χ0v) is 18.4. The van der Waals surface area contributed by atoms with Gasteiger partial charge in [0.05, 0.1) is 0 Å². The second-order valence-corrected chi connectivity index (χ2v) is 9.92. The van der Waals surface area contributed by atoms with E-state index in [1.807, 2.05) is 0 Å². The molecule has 0 aliphatic heterocycles. The molecule has 0 bridgehead atoms. The quantitative estimate of drug-likeness (QED) is 0.403. The van der Waals surface area contributed by atoms with Crippen molar-refractivity contribution in [1.82, 2.24) is 0 Å². The maximum Gasteiger partial charge on any atom is -0.0162 e. The minimum Gasteiger partial charge on any atom is -0.0654 e. The summed E-state index contributed by atoms with van der Waals surface area (Å²) in [5.41, 5.74) is 3.13. The summed E-state index contributed by atoms with van der Waals surface area (Å²) in [6.45, 7) is 7.18. The van der Waals surface area contributed by atoms with Gasteiger partial charge in [-0.3, -0.25) is 0 Å². The average molecular weight is 369 g/mol. The molecule has 0 heteroatoms. The average Bonchev–Trinajstić information content (AvgIpc) is 2.69. The number of unbranched alkanes of at least 4 members (excludes halogenated alkanes) is 2. The van der Waals surface area contributed by atoms with E-state index in [4.69, 9.17) is 0 Å². The van der Waals surface area contributed by atoms with Crippen LogP contribution in [0.3, 0.4) is 0 Å². The molecule has 0 saturated heterocycles. The number of rotatable bonds is 8. The molecule has 2 saturated carbocycles. The van der Waals surface area contributed by atoms with E-state index in [-0.39, 0.29) is 0 Å². The fourth-order valence-electron chi connectivity index (χ4n) is 6.30. The largest absolute Gasteiger partial charge is 0.0654 e. The van der Waals surface area contributed by atoms with E-state index in [2.05, 4.69) is 45.0 Å². The van der Waals surface area contributed by atoms with Crippen molar-refractivity contribution in [3.8, 4) is 0 Å². The van der Waals surface area contributed by atoms with Crippen molar-refractivity contribution in [2.24, 2.45) is 23.7 Å². The lowest BCUT2D eigenvalue weighted by Gasteiger charge is -2.42. The third-order valence-corrected chi connectivity index (χ3v) is 7.93. The van der Waals surface area contributed by atoms with Crippen LogP contribution in [0.25, 0.3) is 0 Å². The molecule has 3 atom stereocenters. The standard InChI is InChI=1S/C27H44/c1-4-6-7-9-23-12-19-27(21(3)20-23)26-17-15-25(16-18-26)24-13-10-22(8-5-2)11-14-24/h10-11,13-14,21,23,25-27H,4-9,12,15-20H2,1-3H3. The van der Waals surface area contributed by atoms with Crippen LogP contribution in [0.1, 0.15) is 115 Å². The Balaban J connectivity index is 1.45. The number of benzene rings is 1. The lowest BCUT2D eigenvalue weighted by molar-refractivity contribution is 0.101. The van der Waals surface area contributed by atoms with Gasteiger partial charge < -0.3 is 0 Å². The van der Waals surface area contributed by atoms with Gasteiger partial charge in [0, 0.05) is 0 Å². The summed E-state index contributed by atoms with van der Waals surface area (Å²) in [5.74, 6) is 4.89. The van der Waals surface area contributed by atoms with Gasteiger partial charge in [0.2, 0.25) is 0 Å². The first-order chi connectivity index (χ1) is 13.2. The molecule has 2 aliphatic carbocycles. The maximum absolute atomic E-state index is 2.58. The predicted octanol–water partition coefficient (Wildman–Crippen LogP) is 8.55. The number of aryl methyl sites for hydroxylation is 1. The highest BCUT2D eigenvalue weighted by atomic mass is 14.4. The van der Waals surface area contributed by atoms with Crippen molar-refractivity contribution >= 4 is 0 Å². The summed E-state index contributed by atoms with van der Waals surface area (Å²) >= 11 is 0. The molecule has 0 amide bonds. The fourth-order valence-corrected chi connectivity index (χ4v) is 6.30. The van der Waals surface area contributed by atoms with E-state index in [0.29, 0.717) is 0 Å². The van der Waals surface area contributed by atoms with Crippen LogP contribution < -0.4 is 0 Å². The minimum absolute atomic E-state index is 0.831. The van der Waals surface area contributed by atoms with E-state index >= 15 is 0 Å². The summed E-state index contributed by atoms with van der Waals surface area (Å²) in [4.78, 5) is 0. The molecule has 27 heavy (non-hydrogen) atoms. The highest BCUT2D eigenvalue weighted by Crippen LogP contribution is 2.46. The van der Waals surface area contributed by atoms with Crippen molar-refractivity contribution in [1.29, 1.82) is 0 Å². The Labute approximate surface area is 169 Å². The molecule has 1 aromatic carbocycles. The van der Waals surface area contributed by atoms with Crippen LogP contribution in [-0.4, -0.2) is 0 Å². The second kappa shape index (κ2) is 10.7. The second-order valence-electron chi connectivity index (χ2n) is 9.92. The van der Waals surface area contributed by atoms with Crippen LogP contribution in [0.15, 0.2) is 24.3 Å². The molecule has 152 valence electrons. The van der Waals surface area contributed by atoms with Crippen molar-refractivity contribution in [2.45, 2.75) is 110 Å². The Kier molecular flexibility index (Phi) is 8.28. The molecule has 0 nitrogen and oxygen atoms in total.